The van der Waals surface area contributed by atoms with Crippen LogP contribution in [0, 0.1) is 5.95 Å². The quantitative estimate of drug-likeness (QED) is 0.707. The van der Waals surface area contributed by atoms with E-state index >= 15 is 0 Å². The number of halogens is 1. The average Bonchev–Trinajstić information content (AvgIpc) is 2.20. The first-order valence-electron chi connectivity index (χ1n) is 4.31. The molecule has 3 N–H and O–H groups in total. The van der Waals surface area contributed by atoms with Gasteiger partial charge in [-0.2, -0.15) is 4.39 Å². The molecule has 4 nitrogen and oxygen atoms in total. The lowest BCUT2D eigenvalue weighted by Gasteiger charge is -2.09. The molecule has 0 aromatic carbocycles. The van der Waals surface area contributed by atoms with Gasteiger partial charge in [-0.25, -0.2) is 4.98 Å². The van der Waals surface area contributed by atoms with Crippen LogP contribution in [0.4, 0.5) is 10.1 Å². The van der Waals surface area contributed by atoms with Crippen LogP contribution >= 0.6 is 0 Å². The van der Waals surface area contributed by atoms with Crippen LogP contribution in [0.1, 0.15) is 13.3 Å². The van der Waals surface area contributed by atoms with Crippen LogP contribution in [0.3, 0.4) is 0 Å². The molecule has 0 unspecified atom stereocenters. The number of hydrogen-bond donors (Lipinski definition) is 2. The molecule has 76 valence electrons. The predicted octanol–water partition coefficient (Wildman–Crippen LogP) is 0.896. The molecule has 1 rings (SSSR count). The smallest absolute Gasteiger partial charge is 0.241 e. The van der Waals surface area contributed by atoms with Crippen molar-refractivity contribution < 1.29 is 9.18 Å². The van der Waals surface area contributed by atoms with E-state index in [1.807, 2.05) is 6.92 Å². The molecular formula is C9H12FN3O. The highest BCUT2D eigenvalue weighted by Crippen LogP contribution is 2.05. The van der Waals surface area contributed by atoms with E-state index in [2.05, 4.69) is 10.3 Å². The Morgan fingerprint density at radius 2 is 2.43 bits per heavy atom. The number of nitrogens with one attached hydrogen (secondary N) is 1. The number of anilines is 1. The molecule has 0 saturated heterocycles. The Kier molecular flexibility index (Phi) is 3.53. The highest BCUT2D eigenvalue weighted by Gasteiger charge is 2.10. The van der Waals surface area contributed by atoms with Crippen molar-refractivity contribution in [3.63, 3.8) is 0 Å². The van der Waals surface area contributed by atoms with Crippen molar-refractivity contribution >= 4 is 11.6 Å². The second kappa shape index (κ2) is 4.66. The maximum atomic E-state index is 12.4. The van der Waals surface area contributed by atoms with Crippen LogP contribution in [0.5, 0.6) is 0 Å². The SMILES string of the molecule is CC[C@@H](N)C(=O)Nc1ccc(F)nc1. The van der Waals surface area contributed by atoms with Crippen LogP contribution in [0.25, 0.3) is 0 Å². The molecular weight excluding hydrogens is 185 g/mol. The summed E-state index contributed by atoms with van der Waals surface area (Å²) in [7, 11) is 0. The van der Waals surface area contributed by atoms with Crippen LogP contribution in [-0.2, 0) is 4.79 Å². The van der Waals surface area contributed by atoms with Gasteiger partial charge in [0.15, 0.2) is 0 Å². The monoisotopic (exact) mass is 197 g/mol. The molecule has 0 bridgehead atoms. The topological polar surface area (TPSA) is 68.0 Å². The maximum Gasteiger partial charge on any atom is 0.241 e. The second-order valence-electron chi connectivity index (χ2n) is 2.87. The number of rotatable bonds is 3. The van der Waals surface area contributed by atoms with Crippen LogP contribution in [0.15, 0.2) is 18.3 Å². The van der Waals surface area contributed by atoms with Gasteiger partial charge < -0.3 is 11.1 Å². The molecule has 0 aliphatic carbocycles. The Bertz CT molecular complexity index is 312. The molecule has 14 heavy (non-hydrogen) atoms. The van der Waals surface area contributed by atoms with Gasteiger partial charge >= 0.3 is 0 Å². The normalized spacial score (nSPS) is 12.2. The first-order valence-corrected chi connectivity index (χ1v) is 4.31. The summed E-state index contributed by atoms with van der Waals surface area (Å²) in [5.74, 6) is -0.872. The minimum absolute atomic E-state index is 0.291. The number of nitrogens with two attached hydrogens (primary N) is 1. The Hall–Kier alpha value is -1.49. The number of nitrogens with zero attached hydrogens (tertiary/aromatic N) is 1. The summed E-state index contributed by atoms with van der Waals surface area (Å²) < 4.78 is 12.4. The summed E-state index contributed by atoms with van der Waals surface area (Å²) in [6.07, 6.45) is 1.80. The number of pyridine rings is 1. The first kappa shape index (κ1) is 10.6. The van der Waals surface area contributed by atoms with Gasteiger partial charge in [0.05, 0.1) is 17.9 Å². The van der Waals surface area contributed by atoms with Gasteiger partial charge in [0, 0.05) is 0 Å². The Morgan fingerprint density at radius 3 is 2.93 bits per heavy atom. The second-order valence-corrected chi connectivity index (χ2v) is 2.87. The van der Waals surface area contributed by atoms with Gasteiger partial charge in [-0.1, -0.05) is 6.92 Å². The molecule has 1 heterocycles. The van der Waals surface area contributed by atoms with E-state index in [-0.39, 0.29) is 5.91 Å². The highest BCUT2D eigenvalue weighted by molar-refractivity contribution is 5.94. The van der Waals surface area contributed by atoms with Gasteiger partial charge in [-0.3, -0.25) is 4.79 Å². The van der Waals surface area contributed by atoms with Crippen molar-refractivity contribution in [3.8, 4) is 0 Å². The third-order valence-corrected chi connectivity index (χ3v) is 1.77. The Morgan fingerprint density at radius 1 is 1.71 bits per heavy atom. The predicted molar refractivity (Wildman–Crippen MR) is 51.1 cm³/mol. The van der Waals surface area contributed by atoms with Gasteiger partial charge in [0.2, 0.25) is 11.9 Å². The Labute approximate surface area is 81.3 Å². The van der Waals surface area contributed by atoms with Gasteiger partial charge in [0.25, 0.3) is 0 Å². The number of hydrogen-bond acceptors (Lipinski definition) is 3. The fraction of sp³-hybridized carbons (Fsp3) is 0.333. The van der Waals surface area contributed by atoms with Crippen molar-refractivity contribution in [2.75, 3.05) is 5.32 Å². The lowest BCUT2D eigenvalue weighted by molar-refractivity contribution is -0.117. The number of amides is 1. The zero-order valence-corrected chi connectivity index (χ0v) is 7.83. The van der Waals surface area contributed by atoms with Crippen molar-refractivity contribution in [1.82, 2.24) is 4.98 Å². The summed E-state index contributed by atoms with van der Waals surface area (Å²) in [6, 6.07) is 2.07. The number of carbonyl (C=O) groups excluding carboxylic acids is 1. The zero-order valence-electron chi connectivity index (χ0n) is 7.83. The molecule has 0 aliphatic heterocycles. The molecule has 5 heteroatoms. The van der Waals surface area contributed by atoms with E-state index in [9.17, 15) is 9.18 Å². The van der Waals surface area contributed by atoms with E-state index in [0.717, 1.165) is 0 Å². The highest BCUT2D eigenvalue weighted by atomic mass is 19.1. The summed E-state index contributed by atoms with van der Waals surface area (Å²) >= 11 is 0. The maximum absolute atomic E-state index is 12.4. The third kappa shape index (κ3) is 2.77. The van der Waals surface area contributed by atoms with Gasteiger partial charge in [-0.05, 0) is 18.6 Å². The third-order valence-electron chi connectivity index (χ3n) is 1.77. The molecule has 0 radical (unpaired) electrons. The molecule has 0 fully saturated rings. The van der Waals surface area contributed by atoms with E-state index in [1.54, 1.807) is 0 Å². The van der Waals surface area contributed by atoms with Crippen molar-refractivity contribution in [1.29, 1.82) is 0 Å². The molecule has 1 aromatic heterocycles. The molecule has 0 aliphatic rings. The van der Waals surface area contributed by atoms with Crippen molar-refractivity contribution in [2.24, 2.45) is 5.73 Å². The van der Waals surface area contributed by atoms with E-state index in [1.165, 1.54) is 18.3 Å². The number of aromatic nitrogens is 1. The lowest BCUT2D eigenvalue weighted by atomic mass is 10.2. The zero-order chi connectivity index (χ0) is 10.6. The van der Waals surface area contributed by atoms with E-state index in [0.29, 0.717) is 12.1 Å². The fourth-order valence-corrected chi connectivity index (χ4v) is 0.870. The average molecular weight is 197 g/mol. The standard InChI is InChI=1S/C9H12FN3O/c1-2-7(11)9(14)13-6-3-4-8(10)12-5-6/h3-5,7H,2,11H2,1H3,(H,13,14)/t7-/m1/s1. The van der Waals surface area contributed by atoms with Crippen molar-refractivity contribution in [3.05, 3.63) is 24.3 Å². The Balaban J connectivity index is 2.60. The lowest BCUT2D eigenvalue weighted by Crippen LogP contribution is -2.34. The molecule has 1 atom stereocenters. The van der Waals surface area contributed by atoms with Crippen LogP contribution in [0.2, 0.25) is 0 Å². The fourth-order valence-electron chi connectivity index (χ4n) is 0.870. The molecule has 0 saturated carbocycles. The minimum Gasteiger partial charge on any atom is -0.323 e. The van der Waals surface area contributed by atoms with E-state index in [4.69, 9.17) is 5.73 Å². The molecule has 1 amide bonds. The summed E-state index contributed by atoms with van der Waals surface area (Å²) in [5, 5.41) is 2.53. The van der Waals surface area contributed by atoms with Gasteiger partial charge in [-0.15, -0.1) is 0 Å². The van der Waals surface area contributed by atoms with Crippen LogP contribution < -0.4 is 11.1 Å². The number of carbonyl (C=O) groups is 1. The molecule has 0 spiro atoms. The van der Waals surface area contributed by atoms with E-state index < -0.39 is 12.0 Å². The molecule has 1 aromatic rings. The summed E-state index contributed by atoms with van der Waals surface area (Å²) in [5.41, 5.74) is 5.93. The summed E-state index contributed by atoms with van der Waals surface area (Å²) in [6.45, 7) is 1.81. The van der Waals surface area contributed by atoms with Crippen molar-refractivity contribution in [2.45, 2.75) is 19.4 Å². The largest absolute Gasteiger partial charge is 0.323 e. The van der Waals surface area contributed by atoms with Crippen LogP contribution in [-0.4, -0.2) is 16.9 Å². The minimum atomic E-state index is -0.581. The van der Waals surface area contributed by atoms with Gasteiger partial charge in [0.1, 0.15) is 0 Å². The summed E-state index contributed by atoms with van der Waals surface area (Å²) in [4.78, 5) is 14.7. The first-order chi connectivity index (χ1) is 6.63.